The second kappa shape index (κ2) is 5.21. The molecule has 3 N–H and O–H groups in total. The molecule has 1 aliphatic carbocycles. The lowest BCUT2D eigenvalue weighted by Crippen LogP contribution is -2.16. The highest BCUT2D eigenvalue weighted by Crippen LogP contribution is 2.29. The predicted octanol–water partition coefficient (Wildman–Crippen LogP) is 2.46. The lowest BCUT2D eigenvalue weighted by molar-refractivity contribution is 0.318. The third-order valence-electron chi connectivity index (χ3n) is 3.36. The minimum Gasteiger partial charge on any atom is -0.438 e. The molecule has 0 fully saturated rings. The molecule has 1 aromatic heterocycles. The van der Waals surface area contributed by atoms with Gasteiger partial charge in [0.15, 0.2) is 5.84 Å². The molecule has 0 aliphatic heterocycles. The van der Waals surface area contributed by atoms with Gasteiger partial charge in [0, 0.05) is 5.69 Å². The fraction of sp³-hybridized carbons (Fsp3) is 0.200. The van der Waals surface area contributed by atoms with Crippen molar-refractivity contribution in [2.75, 3.05) is 0 Å². The van der Waals surface area contributed by atoms with Crippen LogP contribution >= 0.6 is 0 Å². The molecule has 0 bridgehead atoms. The number of para-hydroxylation sites is 1. The van der Waals surface area contributed by atoms with Gasteiger partial charge < -0.3 is 15.7 Å². The first kappa shape index (κ1) is 12.5. The molecule has 0 atom stereocenters. The highest BCUT2D eigenvalue weighted by atomic mass is 16.5. The van der Waals surface area contributed by atoms with Crippen LogP contribution in [0, 0.1) is 0 Å². The summed E-state index contributed by atoms with van der Waals surface area (Å²) in [6.07, 6.45) is 2.99. The fourth-order valence-corrected chi connectivity index (χ4v) is 2.37. The van der Waals surface area contributed by atoms with Gasteiger partial charge in [-0.15, -0.1) is 0 Å². The van der Waals surface area contributed by atoms with Crippen LogP contribution in [0.25, 0.3) is 0 Å². The van der Waals surface area contributed by atoms with Crippen LogP contribution in [-0.4, -0.2) is 16.0 Å². The number of aromatic nitrogens is 1. The van der Waals surface area contributed by atoms with E-state index in [9.17, 15) is 0 Å². The Morgan fingerprint density at radius 2 is 2.05 bits per heavy atom. The Morgan fingerprint density at radius 1 is 1.25 bits per heavy atom. The van der Waals surface area contributed by atoms with E-state index in [2.05, 4.69) is 10.1 Å². The minimum absolute atomic E-state index is 0.0122. The van der Waals surface area contributed by atoms with Gasteiger partial charge in [0.1, 0.15) is 5.75 Å². The van der Waals surface area contributed by atoms with Crippen molar-refractivity contribution in [1.82, 2.24) is 4.98 Å². The Morgan fingerprint density at radius 3 is 2.80 bits per heavy atom. The standard InChI is InChI=1S/C15H15N3O2/c16-14(18-19)12-9-10-5-4-8-13(10)17-15(12)20-11-6-2-1-3-7-11/h1-3,6-7,9,19H,4-5,8H2,(H2,16,18). The van der Waals surface area contributed by atoms with Crippen molar-refractivity contribution in [2.24, 2.45) is 10.9 Å². The molecule has 0 amide bonds. The van der Waals surface area contributed by atoms with Gasteiger partial charge in [-0.05, 0) is 43.0 Å². The van der Waals surface area contributed by atoms with Crippen molar-refractivity contribution < 1.29 is 9.94 Å². The lowest BCUT2D eigenvalue weighted by atomic mass is 10.1. The summed E-state index contributed by atoms with van der Waals surface area (Å²) in [5, 5.41) is 12.0. The van der Waals surface area contributed by atoms with Crippen LogP contribution in [0.2, 0.25) is 0 Å². The van der Waals surface area contributed by atoms with E-state index in [1.165, 1.54) is 0 Å². The number of nitrogens with two attached hydrogens (primary N) is 1. The first-order chi connectivity index (χ1) is 9.78. The van der Waals surface area contributed by atoms with E-state index in [1.807, 2.05) is 36.4 Å². The zero-order valence-corrected chi connectivity index (χ0v) is 10.9. The molecular weight excluding hydrogens is 254 g/mol. The molecule has 0 radical (unpaired) electrons. The van der Waals surface area contributed by atoms with E-state index < -0.39 is 0 Å². The smallest absolute Gasteiger partial charge is 0.230 e. The summed E-state index contributed by atoms with van der Waals surface area (Å²) in [4.78, 5) is 4.52. The molecule has 1 aromatic carbocycles. The van der Waals surface area contributed by atoms with Crippen molar-refractivity contribution in [3.8, 4) is 11.6 Å². The highest BCUT2D eigenvalue weighted by Gasteiger charge is 2.19. The highest BCUT2D eigenvalue weighted by molar-refractivity contribution is 5.99. The third kappa shape index (κ3) is 2.30. The molecule has 0 spiro atoms. The summed E-state index contributed by atoms with van der Waals surface area (Å²) in [6.45, 7) is 0. The molecule has 3 rings (SSSR count). The van der Waals surface area contributed by atoms with Crippen molar-refractivity contribution in [3.05, 3.63) is 53.2 Å². The number of amidine groups is 1. The Balaban J connectivity index is 2.04. The topological polar surface area (TPSA) is 80.7 Å². The molecule has 0 saturated carbocycles. The summed E-state index contributed by atoms with van der Waals surface area (Å²) in [6, 6.07) is 11.3. The van der Waals surface area contributed by atoms with E-state index in [-0.39, 0.29) is 5.84 Å². The second-order valence-corrected chi connectivity index (χ2v) is 4.70. The zero-order chi connectivity index (χ0) is 13.9. The number of aryl methyl sites for hydroxylation is 2. The van der Waals surface area contributed by atoms with Crippen LogP contribution in [0.3, 0.4) is 0 Å². The first-order valence-corrected chi connectivity index (χ1v) is 6.51. The molecular formula is C15H15N3O2. The van der Waals surface area contributed by atoms with E-state index in [1.54, 1.807) is 0 Å². The maximum atomic E-state index is 8.91. The molecule has 1 heterocycles. The largest absolute Gasteiger partial charge is 0.438 e. The van der Waals surface area contributed by atoms with Crippen LogP contribution in [0.5, 0.6) is 11.6 Å². The van der Waals surface area contributed by atoms with Crippen LogP contribution in [0.4, 0.5) is 0 Å². The van der Waals surface area contributed by atoms with E-state index in [4.69, 9.17) is 15.7 Å². The maximum absolute atomic E-state index is 8.91. The molecule has 5 heteroatoms. The zero-order valence-electron chi connectivity index (χ0n) is 10.9. The van der Waals surface area contributed by atoms with Crippen molar-refractivity contribution in [2.45, 2.75) is 19.3 Å². The van der Waals surface area contributed by atoms with Crippen molar-refractivity contribution in [3.63, 3.8) is 0 Å². The number of nitrogens with zero attached hydrogens (tertiary/aromatic N) is 2. The predicted molar refractivity (Wildman–Crippen MR) is 75.3 cm³/mol. The van der Waals surface area contributed by atoms with Crippen LogP contribution in [0.15, 0.2) is 41.6 Å². The minimum atomic E-state index is 0.0122. The van der Waals surface area contributed by atoms with Gasteiger partial charge in [0.25, 0.3) is 0 Å². The Hall–Kier alpha value is -2.56. The Labute approximate surface area is 116 Å². The number of hydrogen-bond donors (Lipinski definition) is 2. The van der Waals surface area contributed by atoms with E-state index in [0.717, 1.165) is 30.5 Å². The summed E-state index contributed by atoms with van der Waals surface area (Å²) < 4.78 is 5.77. The van der Waals surface area contributed by atoms with Gasteiger partial charge in [-0.3, -0.25) is 0 Å². The number of hydrogen-bond acceptors (Lipinski definition) is 4. The molecule has 0 unspecified atom stereocenters. The SMILES string of the molecule is NC(=NO)c1cc2c(nc1Oc1ccccc1)CCC2. The summed E-state index contributed by atoms with van der Waals surface area (Å²) in [7, 11) is 0. The first-order valence-electron chi connectivity index (χ1n) is 6.51. The average molecular weight is 269 g/mol. The number of rotatable bonds is 3. The Kier molecular flexibility index (Phi) is 3.25. The summed E-state index contributed by atoms with van der Waals surface area (Å²) in [5.74, 6) is 1.07. The maximum Gasteiger partial charge on any atom is 0.230 e. The quantitative estimate of drug-likeness (QED) is 0.388. The Bertz CT molecular complexity index is 654. The monoisotopic (exact) mass is 269 g/mol. The fourth-order valence-electron chi connectivity index (χ4n) is 2.37. The number of benzene rings is 1. The normalized spacial score (nSPS) is 14.1. The lowest BCUT2D eigenvalue weighted by Gasteiger charge is -2.11. The van der Waals surface area contributed by atoms with Crippen LogP contribution in [-0.2, 0) is 12.8 Å². The van der Waals surface area contributed by atoms with Gasteiger partial charge in [0.2, 0.25) is 5.88 Å². The van der Waals surface area contributed by atoms with Gasteiger partial charge in [-0.25, -0.2) is 4.98 Å². The summed E-state index contributed by atoms with van der Waals surface area (Å²) in [5.41, 5.74) is 8.43. The van der Waals surface area contributed by atoms with Crippen LogP contribution in [0.1, 0.15) is 23.2 Å². The molecule has 1 aliphatic rings. The van der Waals surface area contributed by atoms with Crippen molar-refractivity contribution in [1.29, 1.82) is 0 Å². The molecule has 2 aromatic rings. The third-order valence-corrected chi connectivity index (χ3v) is 3.36. The summed E-state index contributed by atoms with van der Waals surface area (Å²) >= 11 is 0. The van der Waals surface area contributed by atoms with E-state index in [0.29, 0.717) is 17.2 Å². The van der Waals surface area contributed by atoms with Gasteiger partial charge in [0.05, 0.1) is 5.56 Å². The molecule has 0 saturated heterocycles. The van der Waals surface area contributed by atoms with Crippen molar-refractivity contribution >= 4 is 5.84 Å². The van der Waals surface area contributed by atoms with E-state index >= 15 is 0 Å². The molecule has 5 nitrogen and oxygen atoms in total. The van der Waals surface area contributed by atoms with Gasteiger partial charge >= 0.3 is 0 Å². The average Bonchev–Trinajstić information content (AvgIpc) is 2.94. The second-order valence-electron chi connectivity index (χ2n) is 4.70. The number of ether oxygens (including phenoxy) is 1. The molecule has 102 valence electrons. The number of pyridine rings is 1. The van der Waals surface area contributed by atoms with Crippen LogP contribution < -0.4 is 10.5 Å². The molecule has 20 heavy (non-hydrogen) atoms. The number of oxime groups is 1. The number of fused-ring (bicyclic) bond motifs is 1. The van der Waals surface area contributed by atoms with Gasteiger partial charge in [-0.2, -0.15) is 0 Å². The van der Waals surface area contributed by atoms with Gasteiger partial charge in [-0.1, -0.05) is 23.4 Å².